The summed E-state index contributed by atoms with van der Waals surface area (Å²) in [5.74, 6) is 1.97. The number of hydrogen-bond donors (Lipinski definition) is 2. The molecule has 3 aliphatic rings. The Labute approximate surface area is 231 Å². The largest absolute Gasteiger partial charge is 0.493 e. The van der Waals surface area contributed by atoms with Crippen molar-refractivity contribution in [3.63, 3.8) is 0 Å². The van der Waals surface area contributed by atoms with Crippen LogP contribution in [0.3, 0.4) is 0 Å². The zero-order valence-corrected chi connectivity index (χ0v) is 22.7. The second-order valence-corrected chi connectivity index (χ2v) is 9.59. The van der Waals surface area contributed by atoms with E-state index in [1.807, 2.05) is 17.0 Å². The molecule has 1 atom stereocenters. The molecule has 2 amide bonds. The highest BCUT2D eigenvalue weighted by Gasteiger charge is 2.24. The number of fused-ring (bicyclic) bond motifs is 1. The second-order valence-electron chi connectivity index (χ2n) is 9.59. The van der Waals surface area contributed by atoms with Crippen LogP contribution in [0.2, 0.25) is 0 Å². The lowest BCUT2D eigenvalue weighted by Crippen LogP contribution is -2.48. The molecule has 2 N–H and O–H groups in total. The first-order valence-electron chi connectivity index (χ1n) is 13.3. The van der Waals surface area contributed by atoms with Crippen LogP contribution in [0.5, 0.6) is 17.2 Å². The van der Waals surface area contributed by atoms with E-state index in [-0.39, 0.29) is 13.4 Å². The topological polar surface area (TPSA) is 158 Å². The lowest BCUT2D eigenvalue weighted by atomic mass is 10.1. The first-order valence-corrected chi connectivity index (χ1v) is 13.3. The fourth-order valence-electron chi connectivity index (χ4n) is 4.60. The molecule has 5 rings (SSSR count). The minimum absolute atomic E-state index is 0.199. The SMILES string of the molecule is COc1cc(CN2CCN(CCOC(=O)NNC(=O)C(C)n3nnc(N4CCOCC4)n3)CC2)cc2c1OCO2. The smallest absolute Gasteiger partial charge is 0.426 e. The molecule has 3 aliphatic heterocycles. The van der Waals surface area contributed by atoms with Gasteiger partial charge in [-0.05, 0) is 29.8 Å². The predicted octanol–water partition coefficient (Wildman–Crippen LogP) is -0.617. The van der Waals surface area contributed by atoms with Gasteiger partial charge in [0.1, 0.15) is 6.61 Å². The number of morpholine rings is 1. The second kappa shape index (κ2) is 13.0. The number of hydrazine groups is 1. The van der Waals surface area contributed by atoms with Crippen molar-refractivity contribution in [2.45, 2.75) is 19.5 Å². The number of methoxy groups -OCH3 is 1. The van der Waals surface area contributed by atoms with Crippen molar-refractivity contribution >= 4 is 17.9 Å². The van der Waals surface area contributed by atoms with Crippen LogP contribution in [-0.2, 0) is 20.8 Å². The molecule has 0 bridgehead atoms. The number of nitrogens with one attached hydrogen (secondary N) is 2. The van der Waals surface area contributed by atoms with E-state index in [0.717, 1.165) is 38.3 Å². The Hall–Kier alpha value is -3.89. The Kier molecular flexibility index (Phi) is 8.98. The highest BCUT2D eigenvalue weighted by Crippen LogP contribution is 2.42. The molecule has 218 valence electrons. The van der Waals surface area contributed by atoms with Gasteiger partial charge in [0.2, 0.25) is 12.5 Å². The first kappa shape index (κ1) is 27.7. The third-order valence-electron chi connectivity index (χ3n) is 6.96. The fraction of sp³-hybridized carbons (Fsp3) is 0.625. The van der Waals surface area contributed by atoms with Crippen LogP contribution in [0.4, 0.5) is 10.7 Å². The minimum atomic E-state index is -0.780. The molecule has 0 aliphatic carbocycles. The number of tetrazole rings is 1. The van der Waals surface area contributed by atoms with Crippen molar-refractivity contribution in [1.29, 1.82) is 0 Å². The third-order valence-corrected chi connectivity index (χ3v) is 6.96. The maximum absolute atomic E-state index is 12.4. The van der Waals surface area contributed by atoms with Crippen molar-refractivity contribution in [3.8, 4) is 17.2 Å². The molecule has 1 aromatic heterocycles. The predicted molar refractivity (Wildman–Crippen MR) is 139 cm³/mol. The Morgan fingerprint density at radius 3 is 2.60 bits per heavy atom. The number of carbonyl (C=O) groups excluding carboxylic acids is 2. The highest BCUT2D eigenvalue weighted by molar-refractivity contribution is 5.81. The van der Waals surface area contributed by atoms with Gasteiger partial charge in [-0.2, -0.15) is 0 Å². The van der Waals surface area contributed by atoms with Crippen molar-refractivity contribution in [2.75, 3.05) is 84.4 Å². The van der Waals surface area contributed by atoms with Crippen molar-refractivity contribution in [3.05, 3.63) is 17.7 Å². The lowest BCUT2D eigenvalue weighted by Gasteiger charge is -2.34. The molecular weight excluding hydrogens is 526 g/mol. The molecule has 1 aromatic carbocycles. The number of aromatic nitrogens is 4. The van der Waals surface area contributed by atoms with E-state index in [0.29, 0.717) is 56.0 Å². The standard InChI is InChI=1S/C24H35N9O7/c1-17(33-28-23(26-29-33)32-8-10-37-11-9-32)22(34)25-27-24(35)38-12-7-30-3-5-31(6-4-30)15-18-13-19(36-2)21-20(14-18)39-16-40-21/h13-14,17H,3-12,15-16H2,1-2H3,(H,25,34)(H,27,35). The van der Waals surface area contributed by atoms with Crippen LogP contribution in [0.15, 0.2) is 12.1 Å². The monoisotopic (exact) mass is 561 g/mol. The molecule has 2 fully saturated rings. The van der Waals surface area contributed by atoms with Crippen LogP contribution in [-0.4, -0.2) is 122 Å². The number of ether oxygens (including phenoxy) is 5. The highest BCUT2D eigenvalue weighted by atomic mass is 16.7. The van der Waals surface area contributed by atoms with Gasteiger partial charge in [-0.15, -0.1) is 9.90 Å². The van der Waals surface area contributed by atoms with Crippen LogP contribution < -0.4 is 30.0 Å². The maximum atomic E-state index is 12.4. The Morgan fingerprint density at radius 2 is 1.82 bits per heavy atom. The van der Waals surface area contributed by atoms with Gasteiger partial charge in [-0.3, -0.25) is 20.0 Å². The molecule has 0 saturated carbocycles. The van der Waals surface area contributed by atoms with Gasteiger partial charge in [-0.1, -0.05) is 5.10 Å². The number of benzene rings is 1. The van der Waals surface area contributed by atoms with Crippen LogP contribution in [0, 0.1) is 0 Å². The summed E-state index contributed by atoms with van der Waals surface area (Å²) in [4.78, 5) is 32.2. The van der Waals surface area contributed by atoms with E-state index in [1.54, 1.807) is 14.0 Å². The number of carbonyl (C=O) groups is 2. The van der Waals surface area contributed by atoms with Gasteiger partial charge in [0.15, 0.2) is 17.5 Å². The van der Waals surface area contributed by atoms with Gasteiger partial charge in [0.05, 0.1) is 20.3 Å². The van der Waals surface area contributed by atoms with Gasteiger partial charge in [-0.25, -0.2) is 10.2 Å². The van der Waals surface area contributed by atoms with Gasteiger partial charge in [0, 0.05) is 52.4 Å². The maximum Gasteiger partial charge on any atom is 0.426 e. The fourth-order valence-corrected chi connectivity index (χ4v) is 4.60. The average molecular weight is 562 g/mol. The summed E-state index contributed by atoms with van der Waals surface area (Å²) in [5.41, 5.74) is 5.71. The number of hydrogen-bond acceptors (Lipinski definition) is 13. The first-order chi connectivity index (χ1) is 19.5. The molecule has 16 heteroatoms. The van der Waals surface area contributed by atoms with Gasteiger partial charge < -0.3 is 28.6 Å². The summed E-state index contributed by atoms with van der Waals surface area (Å²) < 4.78 is 27.0. The van der Waals surface area contributed by atoms with E-state index >= 15 is 0 Å². The lowest BCUT2D eigenvalue weighted by molar-refractivity contribution is -0.125. The van der Waals surface area contributed by atoms with Crippen LogP contribution in [0.25, 0.3) is 0 Å². The Balaban J connectivity index is 0.969. The summed E-state index contributed by atoms with van der Waals surface area (Å²) in [7, 11) is 1.62. The number of piperazine rings is 1. The van der Waals surface area contributed by atoms with Crippen molar-refractivity contribution in [2.24, 2.45) is 0 Å². The Bertz CT molecular complexity index is 1170. The van der Waals surface area contributed by atoms with E-state index in [9.17, 15) is 9.59 Å². The van der Waals surface area contributed by atoms with E-state index in [1.165, 1.54) is 4.80 Å². The summed E-state index contributed by atoms with van der Waals surface area (Å²) in [6.45, 7) is 9.31. The zero-order chi connectivity index (χ0) is 27.9. The molecule has 2 saturated heterocycles. The van der Waals surface area contributed by atoms with Crippen molar-refractivity contribution in [1.82, 2.24) is 40.9 Å². The molecule has 0 radical (unpaired) electrons. The van der Waals surface area contributed by atoms with Gasteiger partial charge >= 0.3 is 6.09 Å². The number of anilines is 1. The summed E-state index contributed by atoms with van der Waals surface area (Å²) >= 11 is 0. The number of amides is 2. The molecular formula is C24H35N9O7. The normalized spacial score (nSPS) is 18.3. The molecule has 0 spiro atoms. The van der Waals surface area contributed by atoms with Gasteiger partial charge in [0.25, 0.3) is 11.9 Å². The Morgan fingerprint density at radius 1 is 1.05 bits per heavy atom. The van der Waals surface area contributed by atoms with E-state index in [2.05, 4.69) is 36.1 Å². The summed E-state index contributed by atoms with van der Waals surface area (Å²) in [6.07, 6.45) is -0.739. The van der Waals surface area contributed by atoms with Crippen LogP contribution >= 0.6 is 0 Å². The molecule has 40 heavy (non-hydrogen) atoms. The molecule has 2 aromatic rings. The van der Waals surface area contributed by atoms with Crippen LogP contribution in [0.1, 0.15) is 18.5 Å². The summed E-state index contributed by atoms with van der Waals surface area (Å²) in [6, 6.07) is 3.20. The van der Waals surface area contributed by atoms with Crippen molar-refractivity contribution < 1.29 is 33.3 Å². The minimum Gasteiger partial charge on any atom is -0.493 e. The van der Waals surface area contributed by atoms with E-state index in [4.69, 9.17) is 23.7 Å². The third kappa shape index (κ3) is 6.81. The molecule has 16 nitrogen and oxygen atoms in total. The molecule has 4 heterocycles. The number of rotatable bonds is 9. The summed E-state index contributed by atoms with van der Waals surface area (Å²) in [5, 5.41) is 12.2. The van der Waals surface area contributed by atoms with E-state index < -0.39 is 18.0 Å². The average Bonchev–Trinajstić information content (AvgIpc) is 3.67. The molecule has 1 unspecified atom stereocenters. The number of nitrogens with zero attached hydrogens (tertiary/aromatic N) is 7. The zero-order valence-electron chi connectivity index (χ0n) is 22.7. The quantitative estimate of drug-likeness (QED) is 0.374.